The minimum Gasteiger partial charge on any atom is -0.452 e. The van der Waals surface area contributed by atoms with Crippen LogP contribution in [-0.2, 0) is 11.3 Å². The van der Waals surface area contributed by atoms with Gasteiger partial charge in [-0.25, -0.2) is 18.6 Å². The van der Waals surface area contributed by atoms with Crippen LogP contribution >= 0.6 is 11.6 Å². The first-order chi connectivity index (χ1) is 11.5. The average molecular weight is 350 g/mol. The number of nitrogens with zero attached hydrogens (tertiary/aromatic N) is 1. The maximum atomic E-state index is 13.5. The van der Waals surface area contributed by atoms with Crippen LogP contribution < -0.4 is 0 Å². The van der Waals surface area contributed by atoms with Crippen molar-refractivity contribution in [3.05, 3.63) is 76.8 Å². The quantitative estimate of drug-likeness (QED) is 0.644. The van der Waals surface area contributed by atoms with Crippen LogP contribution in [0, 0.1) is 11.6 Å². The Morgan fingerprint density at radius 2 is 1.92 bits per heavy atom. The van der Waals surface area contributed by atoms with Crippen molar-refractivity contribution in [1.82, 2.24) is 4.98 Å². The number of ether oxygens (including phenoxy) is 1. The molecule has 0 bridgehead atoms. The van der Waals surface area contributed by atoms with Gasteiger partial charge in [-0.3, -0.25) is 0 Å². The minimum atomic E-state index is -0.991. The van der Waals surface area contributed by atoms with Gasteiger partial charge in [0.15, 0.2) is 12.4 Å². The van der Waals surface area contributed by atoms with Crippen molar-refractivity contribution in [2.75, 3.05) is 0 Å². The lowest BCUT2D eigenvalue weighted by Crippen LogP contribution is -2.08. The molecule has 0 saturated carbocycles. The highest BCUT2D eigenvalue weighted by atomic mass is 35.5. The molecule has 3 aromatic rings. The van der Waals surface area contributed by atoms with Crippen LogP contribution in [0.4, 0.5) is 8.78 Å². The van der Waals surface area contributed by atoms with E-state index in [1.807, 2.05) is 0 Å². The van der Waals surface area contributed by atoms with E-state index in [9.17, 15) is 13.6 Å². The third-order valence-electron chi connectivity index (χ3n) is 3.16. The van der Waals surface area contributed by atoms with Gasteiger partial charge in [-0.15, -0.1) is 0 Å². The van der Waals surface area contributed by atoms with Gasteiger partial charge < -0.3 is 9.15 Å². The van der Waals surface area contributed by atoms with Crippen molar-refractivity contribution in [2.24, 2.45) is 0 Å². The van der Waals surface area contributed by atoms with Crippen molar-refractivity contribution in [3.63, 3.8) is 0 Å². The first kappa shape index (κ1) is 16.1. The second-order valence-corrected chi connectivity index (χ2v) is 5.26. The van der Waals surface area contributed by atoms with E-state index in [-0.39, 0.29) is 18.1 Å². The first-order valence-corrected chi connectivity index (χ1v) is 7.23. The maximum absolute atomic E-state index is 13.5. The van der Waals surface area contributed by atoms with Crippen LogP contribution in [-0.4, -0.2) is 11.0 Å². The summed E-state index contributed by atoms with van der Waals surface area (Å²) in [6.45, 7) is -0.275. The van der Waals surface area contributed by atoms with Gasteiger partial charge in [-0.2, -0.15) is 0 Å². The molecule has 0 spiro atoms. The van der Waals surface area contributed by atoms with E-state index in [4.69, 9.17) is 20.8 Å². The number of carbonyl (C=O) groups is 1. The van der Waals surface area contributed by atoms with Crippen LogP contribution in [0.2, 0.25) is 5.02 Å². The van der Waals surface area contributed by atoms with Gasteiger partial charge in [0, 0.05) is 16.7 Å². The number of benzene rings is 2. The molecule has 0 aliphatic rings. The molecule has 0 fully saturated rings. The molecule has 1 heterocycles. The molecule has 0 amide bonds. The highest BCUT2D eigenvalue weighted by Crippen LogP contribution is 2.22. The molecule has 24 heavy (non-hydrogen) atoms. The van der Waals surface area contributed by atoms with Gasteiger partial charge >= 0.3 is 5.97 Å². The van der Waals surface area contributed by atoms with E-state index in [0.717, 1.165) is 17.7 Å². The SMILES string of the molecule is O=C(OCc1ncc(-c2ccc(Cl)cc2)o1)c1ccc(F)cc1F. The summed E-state index contributed by atoms with van der Waals surface area (Å²) in [6.07, 6.45) is 1.48. The number of hydrogen-bond acceptors (Lipinski definition) is 4. The molecule has 4 nitrogen and oxygen atoms in total. The second kappa shape index (κ2) is 6.80. The van der Waals surface area contributed by atoms with E-state index < -0.39 is 17.6 Å². The zero-order valence-corrected chi connectivity index (χ0v) is 12.9. The Morgan fingerprint density at radius 3 is 2.62 bits per heavy atom. The fourth-order valence-corrected chi connectivity index (χ4v) is 2.11. The van der Waals surface area contributed by atoms with Crippen LogP contribution in [0.1, 0.15) is 16.2 Å². The molecule has 0 saturated heterocycles. The highest BCUT2D eigenvalue weighted by Gasteiger charge is 2.15. The van der Waals surface area contributed by atoms with Crippen LogP contribution in [0.3, 0.4) is 0 Å². The Hall–Kier alpha value is -2.73. The number of halogens is 3. The summed E-state index contributed by atoms with van der Waals surface area (Å²) in [5, 5.41) is 0.591. The molecule has 2 aromatic carbocycles. The molecular weight excluding hydrogens is 340 g/mol. The molecule has 3 rings (SSSR count). The summed E-state index contributed by atoms with van der Waals surface area (Å²) < 4.78 is 36.7. The Bertz CT molecular complexity index is 878. The lowest BCUT2D eigenvalue weighted by molar-refractivity contribution is 0.0433. The van der Waals surface area contributed by atoms with Crippen molar-refractivity contribution in [1.29, 1.82) is 0 Å². The molecule has 0 aliphatic heterocycles. The summed E-state index contributed by atoms with van der Waals surface area (Å²) in [7, 11) is 0. The normalized spacial score (nSPS) is 10.6. The molecule has 7 heteroatoms. The summed E-state index contributed by atoms with van der Waals surface area (Å²) in [4.78, 5) is 15.8. The summed E-state index contributed by atoms with van der Waals surface area (Å²) in [5.74, 6) is -2.07. The Balaban J connectivity index is 1.67. The molecular formula is C17H10ClF2NO3. The highest BCUT2D eigenvalue weighted by molar-refractivity contribution is 6.30. The second-order valence-electron chi connectivity index (χ2n) is 4.83. The Labute approximate surface area is 140 Å². The predicted molar refractivity (Wildman–Crippen MR) is 82.4 cm³/mol. The van der Waals surface area contributed by atoms with E-state index in [1.165, 1.54) is 6.20 Å². The van der Waals surface area contributed by atoms with Crippen molar-refractivity contribution < 1.29 is 22.7 Å². The predicted octanol–water partition coefficient (Wildman–Crippen LogP) is 4.63. The summed E-state index contributed by atoms with van der Waals surface area (Å²) in [5.41, 5.74) is 0.398. The summed E-state index contributed by atoms with van der Waals surface area (Å²) >= 11 is 5.81. The fraction of sp³-hybridized carbons (Fsp3) is 0.0588. The van der Waals surface area contributed by atoms with E-state index in [2.05, 4.69) is 4.98 Å². The van der Waals surface area contributed by atoms with E-state index in [0.29, 0.717) is 16.8 Å². The molecule has 0 N–H and O–H groups in total. The average Bonchev–Trinajstić information content (AvgIpc) is 3.02. The van der Waals surface area contributed by atoms with Crippen molar-refractivity contribution >= 4 is 17.6 Å². The topological polar surface area (TPSA) is 52.3 Å². The third-order valence-corrected chi connectivity index (χ3v) is 3.41. The van der Waals surface area contributed by atoms with Crippen LogP contribution in [0.15, 0.2) is 53.1 Å². The van der Waals surface area contributed by atoms with Gasteiger partial charge in [0.05, 0.1) is 11.8 Å². The third kappa shape index (κ3) is 3.60. The summed E-state index contributed by atoms with van der Waals surface area (Å²) in [6, 6.07) is 9.53. The lowest BCUT2D eigenvalue weighted by Gasteiger charge is -2.03. The molecule has 0 radical (unpaired) electrons. The number of carbonyl (C=O) groups excluding carboxylic acids is 1. The number of esters is 1. The minimum absolute atomic E-state index is 0.149. The Morgan fingerprint density at radius 1 is 1.17 bits per heavy atom. The molecule has 0 aliphatic carbocycles. The molecule has 1 aromatic heterocycles. The van der Waals surface area contributed by atoms with Crippen LogP contribution in [0.5, 0.6) is 0 Å². The van der Waals surface area contributed by atoms with Gasteiger partial charge in [0.2, 0.25) is 5.89 Å². The Kier molecular flexibility index (Phi) is 4.57. The standard InChI is InChI=1S/C17H10ClF2NO3/c18-11-3-1-10(2-4-11)15-8-21-16(24-15)9-23-17(22)13-6-5-12(19)7-14(13)20/h1-8H,9H2. The maximum Gasteiger partial charge on any atom is 0.341 e. The molecule has 0 atom stereocenters. The number of hydrogen-bond donors (Lipinski definition) is 0. The van der Waals surface area contributed by atoms with Gasteiger partial charge in [-0.05, 0) is 36.4 Å². The van der Waals surface area contributed by atoms with Gasteiger partial charge in [0.1, 0.15) is 11.6 Å². The number of rotatable bonds is 4. The van der Waals surface area contributed by atoms with E-state index >= 15 is 0 Å². The van der Waals surface area contributed by atoms with Crippen LogP contribution in [0.25, 0.3) is 11.3 Å². The smallest absolute Gasteiger partial charge is 0.341 e. The van der Waals surface area contributed by atoms with Crippen molar-refractivity contribution in [2.45, 2.75) is 6.61 Å². The fourth-order valence-electron chi connectivity index (χ4n) is 1.98. The molecule has 0 unspecified atom stereocenters. The largest absolute Gasteiger partial charge is 0.452 e. The van der Waals surface area contributed by atoms with Crippen molar-refractivity contribution in [3.8, 4) is 11.3 Å². The van der Waals surface area contributed by atoms with Gasteiger partial charge in [0.25, 0.3) is 0 Å². The first-order valence-electron chi connectivity index (χ1n) is 6.86. The number of oxazole rings is 1. The number of aromatic nitrogens is 1. The monoisotopic (exact) mass is 349 g/mol. The van der Waals surface area contributed by atoms with E-state index in [1.54, 1.807) is 24.3 Å². The molecule has 122 valence electrons. The lowest BCUT2D eigenvalue weighted by atomic mass is 10.2. The van der Waals surface area contributed by atoms with Gasteiger partial charge in [-0.1, -0.05) is 11.6 Å². The zero-order valence-electron chi connectivity index (χ0n) is 12.1. The zero-order chi connectivity index (χ0) is 17.1.